The predicted octanol–water partition coefficient (Wildman–Crippen LogP) is 5.20. The summed E-state index contributed by atoms with van der Waals surface area (Å²) in [5.74, 6) is -0.165. The van der Waals surface area contributed by atoms with Gasteiger partial charge in [0.05, 0.1) is 32.7 Å². The van der Waals surface area contributed by atoms with Crippen LogP contribution in [0.2, 0.25) is 5.02 Å². The Kier molecular flexibility index (Phi) is 3.75. The molecule has 0 unspecified atom stereocenters. The Bertz CT molecular complexity index is 1660. The lowest BCUT2D eigenvalue weighted by atomic mass is 10.0. The molecule has 0 radical (unpaired) electrons. The van der Waals surface area contributed by atoms with E-state index in [4.69, 9.17) is 11.6 Å². The van der Waals surface area contributed by atoms with Crippen LogP contribution in [0.5, 0.6) is 0 Å². The molecule has 0 aliphatic heterocycles. The van der Waals surface area contributed by atoms with Gasteiger partial charge < -0.3 is 9.97 Å². The number of nitrogens with one attached hydrogen (secondary N) is 2. The molecule has 3 heterocycles. The Balaban J connectivity index is 1.77. The van der Waals surface area contributed by atoms with Crippen molar-refractivity contribution in [2.45, 2.75) is 0 Å². The molecule has 31 heavy (non-hydrogen) atoms. The van der Waals surface area contributed by atoms with E-state index in [1.54, 1.807) is 35.3 Å². The van der Waals surface area contributed by atoms with Gasteiger partial charge >= 0.3 is 0 Å². The Morgan fingerprint density at radius 3 is 2.74 bits per heavy atom. The smallest absolute Gasteiger partial charge is 0.256 e. The van der Waals surface area contributed by atoms with Gasteiger partial charge in [-0.25, -0.2) is 14.1 Å². The van der Waals surface area contributed by atoms with E-state index in [0.717, 1.165) is 16.5 Å². The maximum absolute atomic E-state index is 14.6. The van der Waals surface area contributed by atoms with E-state index in [9.17, 15) is 9.18 Å². The Hall–Kier alpha value is -3.97. The molecule has 3 aromatic carbocycles. The highest BCUT2D eigenvalue weighted by atomic mass is 35.5. The minimum Gasteiger partial charge on any atom is -0.337 e. The molecule has 0 spiro atoms. The standard InChI is InChI=1S/C23H13ClFN5O/c24-16-3-1-4-17(25)19(16)22-28-20-13-6-5-12(30-10-2-8-27-30)11-15(13)18-14(21(20)29-22)7-9-26-23(18)31/h1-11H,(H,26,31)(H,28,29). The van der Waals surface area contributed by atoms with E-state index in [0.29, 0.717) is 27.6 Å². The Morgan fingerprint density at radius 1 is 1.03 bits per heavy atom. The van der Waals surface area contributed by atoms with Crippen molar-refractivity contribution in [1.82, 2.24) is 24.7 Å². The van der Waals surface area contributed by atoms with Gasteiger partial charge in [0.15, 0.2) is 0 Å². The first kappa shape index (κ1) is 17.9. The normalized spacial score (nSPS) is 11.7. The van der Waals surface area contributed by atoms with Crippen molar-refractivity contribution < 1.29 is 4.39 Å². The summed E-state index contributed by atoms with van der Waals surface area (Å²) in [6, 6.07) is 13.9. The molecule has 0 fully saturated rings. The lowest BCUT2D eigenvalue weighted by Crippen LogP contribution is -2.06. The van der Waals surface area contributed by atoms with Gasteiger partial charge in [-0.15, -0.1) is 0 Å². The maximum atomic E-state index is 14.6. The van der Waals surface area contributed by atoms with Crippen molar-refractivity contribution in [3.8, 4) is 17.1 Å². The monoisotopic (exact) mass is 429 g/mol. The number of benzene rings is 3. The maximum Gasteiger partial charge on any atom is 0.256 e. The molecular formula is C23H13ClFN5O. The summed E-state index contributed by atoms with van der Waals surface area (Å²) in [5.41, 5.74) is 2.07. The highest BCUT2D eigenvalue weighted by Crippen LogP contribution is 2.36. The number of aromatic nitrogens is 5. The van der Waals surface area contributed by atoms with Crippen LogP contribution in [0.25, 0.3) is 49.7 Å². The first-order valence-corrected chi connectivity index (χ1v) is 9.91. The third-order valence-electron chi connectivity index (χ3n) is 5.43. The second-order valence-electron chi connectivity index (χ2n) is 7.18. The molecule has 0 saturated carbocycles. The van der Waals surface area contributed by atoms with Crippen LogP contribution in [0.1, 0.15) is 0 Å². The fourth-order valence-electron chi connectivity index (χ4n) is 4.07. The molecule has 0 atom stereocenters. The highest BCUT2D eigenvalue weighted by molar-refractivity contribution is 6.33. The number of H-pyrrole nitrogens is 2. The first-order chi connectivity index (χ1) is 15.1. The van der Waals surface area contributed by atoms with Crippen molar-refractivity contribution in [2.24, 2.45) is 0 Å². The average Bonchev–Trinajstić information content (AvgIpc) is 3.44. The van der Waals surface area contributed by atoms with E-state index in [1.807, 2.05) is 30.5 Å². The second kappa shape index (κ2) is 6.52. The van der Waals surface area contributed by atoms with Crippen LogP contribution >= 0.6 is 11.6 Å². The number of nitrogens with zero attached hydrogens (tertiary/aromatic N) is 3. The quantitative estimate of drug-likeness (QED) is 0.371. The van der Waals surface area contributed by atoms with Crippen LogP contribution in [-0.2, 0) is 0 Å². The number of fused-ring (bicyclic) bond motifs is 6. The summed E-state index contributed by atoms with van der Waals surface area (Å²) in [6.45, 7) is 0. The Labute approximate surface area is 178 Å². The molecule has 0 amide bonds. The van der Waals surface area contributed by atoms with Crippen molar-refractivity contribution in [3.05, 3.63) is 88.3 Å². The van der Waals surface area contributed by atoms with E-state index in [2.05, 4.69) is 20.1 Å². The van der Waals surface area contributed by atoms with E-state index in [-0.39, 0.29) is 16.1 Å². The van der Waals surface area contributed by atoms with Crippen LogP contribution in [0.4, 0.5) is 4.39 Å². The number of hydrogen-bond donors (Lipinski definition) is 2. The molecule has 2 N–H and O–H groups in total. The molecule has 8 heteroatoms. The summed E-state index contributed by atoms with van der Waals surface area (Å²) < 4.78 is 16.3. The van der Waals surface area contributed by atoms with Crippen LogP contribution in [0.15, 0.2) is 71.9 Å². The SMILES string of the molecule is O=c1[nH]ccc2c3nc(-c4c(F)cccc4Cl)[nH]c3c3ccc(-n4cccn4)cc3c12. The van der Waals surface area contributed by atoms with Crippen LogP contribution in [-0.4, -0.2) is 24.7 Å². The molecule has 3 aromatic heterocycles. The van der Waals surface area contributed by atoms with Gasteiger partial charge in [0.2, 0.25) is 0 Å². The predicted molar refractivity (Wildman–Crippen MR) is 119 cm³/mol. The molecule has 0 aliphatic carbocycles. The summed E-state index contributed by atoms with van der Waals surface area (Å²) in [4.78, 5) is 23.4. The number of pyridine rings is 1. The van der Waals surface area contributed by atoms with Crippen LogP contribution in [0.3, 0.4) is 0 Å². The lowest BCUT2D eigenvalue weighted by Gasteiger charge is -2.08. The fraction of sp³-hybridized carbons (Fsp3) is 0. The van der Waals surface area contributed by atoms with Gasteiger partial charge in [-0.05, 0) is 41.8 Å². The van der Waals surface area contributed by atoms with Gasteiger partial charge in [0.1, 0.15) is 11.6 Å². The van der Waals surface area contributed by atoms with E-state index >= 15 is 0 Å². The second-order valence-corrected chi connectivity index (χ2v) is 7.59. The van der Waals surface area contributed by atoms with Gasteiger partial charge in [-0.2, -0.15) is 5.10 Å². The largest absolute Gasteiger partial charge is 0.337 e. The summed E-state index contributed by atoms with van der Waals surface area (Å²) in [6.07, 6.45) is 5.11. The zero-order chi connectivity index (χ0) is 21.1. The average molecular weight is 430 g/mol. The molecule has 0 aliphatic rings. The fourth-order valence-corrected chi connectivity index (χ4v) is 4.32. The number of halogens is 2. The van der Waals surface area contributed by atoms with Crippen LogP contribution in [0, 0.1) is 5.82 Å². The number of rotatable bonds is 2. The summed E-state index contributed by atoms with van der Waals surface area (Å²) in [5, 5.41) is 7.24. The third-order valence-corrected chi connectivity index (χ3v) is 5.75. The van der Waals surface area contributed by atoms with Gasteiger partial charge in [0.25, 0.3) is 5.56 Å². The lowest BCUT2D eigenvalue weighted by molar-refractivity contribution is 0.630. The molecular weight excluding hydrogens is 417 g/mol. The van der Waals surface area contributed by atoms with Crippen LogP contribution < -0.4 is 5.56 Å². The third kappa shape index (κ3) is 2.60. The van der Waals surface area contributed by atoms with E-state index < -0.39 is 5.82 Å². The molecule has 6 aromatic rings. The minimum atomic E-state index is -0.473. The minimum absolute atomic E-state index is 0.194. The number of hydrogen-bond acceptors (Lipinski definition) is 3. The number of aromatic amines is 2. The highest BCUT2D eigenvalue weighted by Gasteiger charge is 2.19. The molecule has 6 nitrogen and oxygen atoms in total. The topological polar surface area (TPSA) is 79.4 Å². The van der Waals surface area contributed by atoms with Crippen molar-refractivity contribution in [3.63, 3.8) is 0 Å². The van der Waals surface area contributed by atoms with E-state index in [1.165, 1.54) is 6.07 Å². The molecule has 0 bridgehead atoms. The molecule has 0 saturated heterocycles. The Morgan fingerprint density at radius 2 is 1.94 bits per heavy atom. The van der Waals surface area contributed by atoms with Gasteiger partial charge in [0, 0.05) is 29.4 Å². The summed E-state index contributed by atoms with van der Waals surface area (Å²) >= 11 is 6.27. The van der Waals surface area contributed by atoms with Gasteiger partial charge in [-0.1, -0.05) is 23.7 Å². The van der Waals surface area contributed by atoms with Crippen molar-refractivity contribution in [2.75, 3.05) is 0 Å². The zero-order valence-corrected chi connectivity index (χ0v) is 16.6. The molecule has 150 valence electrons. The first-order valence-electron chi connectivity index (χ1n) is 9.53. The summed E-state index contributed by atoms with van der Waals surface area (Å²) in [7, 11) is 0. The molecule has 6 rings (SSSR count). The zero-order valence-electron chi connectivity index (χ0n) is 15.9. The van der Waals surface area contributed by atoms with Gasteiger partial charge in [-0.3, -0.25) is 4.79 Å². The van der Waals surface area contributed by atoms with Crippen molar-refractivity contribution in [1.29, 1.82) is 0 Å². The number of imidazole rings is 1. The van der Waals surface area contributed by atoms with Crippen molar-refractivity contribution >= 4 is 44.2 Å².